The van der Waals surface area contributed by atoms with Gasteiger partial charge in [-0.3, -0.25) is 4.79 Å². The Labute approximate surface area is 118 Å². The molecule has 0 aromatic carbocycles. The monoisotopic (exact) mass is 263 g/mol. The van der Waals surface area contributed by atoms with Gasteiger partial charge in [-0.1, -0.05) is 32.3 Å². The van der Waals surface area contributed by atoms with E-state index in [0.717, 1.165) is 31.4 Å². The average molecular weight is 263 g/mol. The molecule has 1 aliphatic heterocycles. The van der Waals surface area contributed by atoms with Crippen LogP contribution in [0.5, 0.6) is 0 Å². The summed E-state index contributed by atoms with van der Waals surface area (Å²) in [5.74, 6) is 0.766. The third-order valence-electron chi connectivity index (χ3n) is 4.58. The molecule has 0 spiro atoms. The largest absolute Gasteiger partial charge is 0.303 e. The molecule has 0 bridgehead atoms. The maximum absolute atomic E-state index is 12.3. The van der Waals surface area contributed by atoms with Gasteiger partial charge in [0.15, 0.2) is 5.78 Å². The van der Waals surface area contributed by atoms with Crippen molar-refractivity contribution in [1.29, 1.82) is 0 Å². The fraction of sp³-hybridized carbons (Fsp3) is 0.824. The summed E-state index contributed by atoms with van der Waals surface area (Å²) in [6.45, 7) is 5.67. The van der Waals surface area contributed by atoms with Gasteiger partial charge in [0.05, 0.1) is 0 Å². The van der Waals surface area contributed by atoms with Crippen LogP contribution in [0.2, 0.25) is 0 Å². The summed E-state index contributed by atoms with van der Waals surface area (Å²) in [6, 6.07) is 0. The molecule has 1 atom stereocenters. The van der Waals surface area contributed by atoms with E-state index in [2.05, 4.69) is 17.9 Å². The molecule has 2 aliphatic rings. The molecular weight excluding hydrogens is 234 g/mol. The molecule has 1 saturated heterocycles. The van der Waals surface area contributed by atoms with Crippen LogP contribution in [-0.4, -0.2) is 30.3 Å². The molecule has 0 aromatic rings. The fourth-order valence-electron chi connectivity index (χ4n) is 3.35. The van der Waals surface area contributed by atoms with Gasteiger partial charge in [0.1, 0.15) is 0 Å². The first-order valence-electron chi connectivity index (χ1n) is 8.27. The Morgan fingerprint density at radius 1 is 1.21 bits per heavy atom. The Morgan fingerprint density at radius 2 is 2.00 bits per heavy atom. The van der Waals surface area contributed by atoms with Gasteiger partial charge >= 0.3 is 0 Å². The van der Waals surface area contributed by atoms with Crippen LogP contribution in [0, 0.1) is 5.92 Å². The Morgan fingerprint density at radius 3 is 2.74 bits per heavy atom. The maximum atomic E-state index is 12.3. The first kappa shape index (κ1) is 14.8. The molecule has 2 nitrogen and oxygen atoms in total. The van der Waals surface area contributed by atoms with Gasteiger partial charge in [0.25, 0.3) is 0 Å². The number of allylic oxidation sites excluding steroid dienone is 2. The molecule has 2 heteroatoms. The lowest BCUT2D eigenvalue weighted by molar-refractivity contribution is -0.118. The van der Waals surface area contributed by atoms with Crippen molar-refractivity contribution in [2.24, 2.45) is 5.92 Å². The highest BCUT2D eigenvalue weighted by Gasteiger charge is 2.30. The molecule has 2 fully saturated rings. The minimum absolute atomic E-state index is 0.306. The SMILES string of the molecule is CCCCCC/C=C1\CC[C@@H](CN2CCCC2)C1=O. The van der Waals surface area contributed by atoms with Crippen molar-refractivity contribution in [3.8, 4) is 0 Å². The number of unbranched alkanes of at least 4 members (excludes halogenated alkanes) is 4. The molecule has 108 valence electrons. The van der Waals surface area contributed by atoms with Gasteiger partial charge < -0.3 is 4.90 Å². The number of Topliss-reactive ketones (excluding diaryl/α,β-unsaturated/α-hetero) is 1. The predicted molar refractivity (Wildman–Crippen MR) is 80.2 cm³/mol. The van der Waals surface area contributed by atoms with Crippen LogP contribution < -0.4 is 0 Å². The Bertz CT molecular complexity index is 315. The second-order valence-corrected chi connectivity index (χ2v) is 6.19. The molecule has 1 aliphatic carbocycles. The lowest BCUT2D eigenvalue weighted by atomic mass is 10.0. The topological polar surface area (TPSA) is 20.3 Å². The van der Waals surface area contributed by atoms with E-state index in [-0.39, 0.29) is 0 Å². The number of rotatable bonds is 7. The summed E-state index contributed by atoms with van der Waals surface area (Å²) in [5.41, 5.74) is 1.14. The van der Waals surface area contributed by atoms with Crippen LogP contribution in [0.25, 0.3) is 0 Å². The highest BCUT2D eigenvalue weighted by Crippen LogP contribution is 2.29. The van der Waals surface area contributed by atoms with Gasteiger partial charge in [-0.15, -0.1) is 0 Å². The van der Waals surface area contributed by atoms with Crippen molar-refractivity contribution in [3.63, 3.8) is 0 Å². The minimum atomic E-state index is 0.306. The van der Waals surface area contributed by atoms with E-state index in [4.69, 9.17) is 0 Å². The zero-order valence-electron chi connectivity index (χ0n) is 12.5. The zero-order chi connectivity index (χ0) is 13.5. The number of hydrogen-bond acceptors (Lipinski definition) is 2. The summed E-state index contributed by atoms with van der Waals surface area (Å²) in [6.07, 6.45) is 13.3. The number of hydrogen-bond donors (Lipinski definition) is 0. The Balaban J connectivity index is 1.72. The van der Waals surface area contributed by atoms with Gasteiger partial charge in [0.2, 0.25) is 0 Å². The van der Waals surface area contributed by atoms with E-state index < -0.39 is 0 Å². The van der Waals surface area contributed by atoms with Crippen LogP contribution in [0.15, 0.2) is 11.6 Å². The highest BCUT2D eigenvalue weighted by atomic mass is 16.1. The number of carbonyl (C=O) groups is 1. The summed E-state index contributed by atoms with van der Waals surface area (Å²) in [5, 5.41) is 0. The summed E-state index contributed by atoms with van der Waals surface area (Å²) in [7, 11) is 0. The number of likely N-dealkylation sites (tertiary alicyclic amines) is 1. The maximum Gasteiger partial charge on any atom is 0.162 e. The first-order chi connectivity index (χ1) is 9.31. The van der Waals surface area contributed by atoms with Gasteiger partial charge in [-0.2, -0.15) is 0 Å². The fourth-order valence-corrected chi connectivity index (χ4v) is 3.35. The molecular formula is C17H29NO. The number of nitrogens with zero attached hydrogens (tertiary/aromatic N) is 1. The quantitative estimate of drug-likeness (QED) is 0.512. The predicted octanol–water partition coefficient (Wildman–Crippen LogP) is 3.96. The minimum Gasteiger partial charge on any atom is -0.303 e. The lowest BCUT2D eigenvalue weighted by Crippen LogP contribution is -2.28. The molecule has 1 heterocycles. The second kappa shape index (κ2) is 7.84. The summed E-state index contributed by atoms with van der Waals surface area (Å²) in [4.78, 5) is 14.8. The van der Waals surface area contributed by atoms with E-state index in [0.29, 0.717) is 11.7 Å². The van der Waals surface area contributed by atoms with Crippen molar-refractivity contribution in [3.05, 3.63) is 11.6 Å². The third kappa shape index (κ3) is 4.45. The van der Waals surface area contributed by atoms with Crippen molar-refractivity contribution in [2.75, 3.05) is 19.6 Å². The van der Waals surface area contributed by atoms with E-state index in [9.17, 15) is 4.79 Å². The van der Waals surface area contributed by atoms with Crippen LogP contribution in [0.4, 0.5) is 0 Å². The van der Waals surface area contributed by atoms with Gasteiger partial charge in [0, 0.05) is 12.5 Å². The molecule has 1 saturated carbocycles. The van der Waals surface area contributed by atoms with E-state index >= 15 is 0 Å². The molecule has 0 amide bonds. The van der Waals surface area contributed by atoms with Gasteiger partial charge in [-0.25, -0.2) is 0 Å². The highest BCUT2D eigenvalue weighted by molar-refractivity contribution is 5.99. The van der Waals surface area contributed by atoms with Crippen LogP contribution in [-0.2, 0) is 4.79 Å². The average Bonchev–Trinajstić information content (AvgIpc) is 3.03. The van der Waals surface area contributed by atoms with Crippen molar-refractivity contribution >= 4 is 5.78 Å². The molecule has 0 radical (unpaired) electrons. The summed E-state index contributed by atoms with van der Waals surface area (Å²) < 4.78 is 0. The first-order valence-corrected chi connectivity index (χ1v) is 8.27. The Kier molecular flexibility index (Phi) is 6.09. The smallest absolute Gasteiger partial charge is 0.162 e. The normalized spacial score (nSPS) is 26.7. The molecule has 2 rings (SSSR count). The van der Waals surface area contributed by atoms with Crippen molar-refractivity contribution in [1.82, 2.24) is 4.90 Å². The van der Waals surface area contributed by atoms with Crippen LogP contribution >= 0.6 is 0 Å². The standard InChI is InChI=1S/C17H29NO/c1-2-3-4-5-6-9-15-10-11-16(17(15)19)14-18-12-7-8-13-18/h9,16H,2-8,10-14H2,1H3/b15-9+/t16-/m0/s1. The molecule has 0 N–H and O–H groups in total. The van der Waals surface area contributed by atoms with Crippen LogP contribution in [0.1, 0.15) is 64.7 Å². The van der Waals surface area contributed by atoms with Gasteiger partial charge in [-0.05, 0) is 57.2 Å². The van der Waals surface area contributed by atoms with Crippen molar-refractivity contribution < 1.29 is 4.79 Å². The third-order valence-corrected chi connectivity index (χ3v) is 4.58. The Hall–Kier alpha value is -0.630. The molecule has 0 unspecified atom stereocenters. The van der Waals surface area contributed by atoms with E-state index in [1.807, 2.05) is 0 Å². The number of carbonyl (C=O) groups excluding carboxylic acids is 1. The van der Waals surface area contributed by atoms with E-state index in [1.54, 1.807) is 0 Å². The second-order valence-electron chi connectivity index (χ2n) is 6.19. The lowest BCUT2D eigenvalue weighted by Gasteiger charge is -2.18. The van der Waals surface area contributed by atoms with Crippen molar-refractivity contribution in [2.45, 2.75) is 64.7 Å². The van der Waals surface area contributed by atoms with E-state index in [1.165, 1.54) is 51.6 Å². The molecule has 19 heavy (non-hydrogen) atoms. The zero-order valence-corrected chi connectivity index (χ0v) is 12.5. The van der Waals surface area contributed by atoms with Crippen LogP contribution in [0.3, 0.4) is 0 Å². The number of ketones is 1. The summed E-state index contributed by atoms with van der Waals surface area (Å²) >= 11 is 0. The molecule has 0 aromatic heterocycles.